The average Bonchev–Trinajstić information content (AvgIpc) is 3.47. The Kier molecular flexibility index (Phi) is 7.29. The third-order valence-corrected chi connectivity index (χ3v) is 8.42. The lowest BCUT2D eigenvalue weighted by molar-refractivity contribution is -0.113. The van der Waals surface area contributed by atoms with Crippen LogP contribution >= 0.6 is 11.3 Å². The van der Waals surface area contributed by atoms with E-state index in [-0.39, 0.29) is 23.0 Å². The number of amides is 1. The minimum atomic E-state index is -0.814. The molecule has 0 saturated heterocycles. The highest BCUT2D eigenvalue weighted by Gasteiger charge is 2.33. The van der Waals surface area contributed by atoms with Gasteiger partial charge in [-0.05, 0) is 68.8 Å². The van der Waals surface area contributed by atoms with E-state index in [1.54, 1.807) is 35.8 Å². The number of nitrogens with one attached hydrogen (secondary N) is 1. The number of phenols is 1. The molecule has 2 N–H and O–H groups in total. The summed E-state index contributed by atoms with van der Waals surface area (Å²) in [5.74, 6) is -0.192. The molecule has 216 valence electrons. The molecule has 0 saturated carbocycles. The van der Waals surface area contributed by atoms with Gasteiger partial charge in [0.1, 0.15) is 0 Å². The van der Waals surface area contributed by atoms with E-state index in [4.69, 9.17) is 14.8 Å². The molecule has 1 amide bonds. The first kappa shape index (κ1) is 27.9. The zero-order valence-electron chi connectivity index (χ0n) is 24.0. The third kappa shape index (κ3) is 5.06. The van der Waals surface area contributed by atoms with E-state index >= 15 is 0 Å². The highest BCUT2D eigenvalue weighted by Crippen LogP contribution is 2.35. The quantitative estimate of drug-likeness (QED) is 0.304. The number of hydrogen-bond acceptors (Lipinski definition) is 7. The van der Waals surface area contributed by atoms with Gasteiger partial charge in [-0.2, -0.15) is 5.10 Å². The average molecular weight is 592 g/mol. The van der Waals surface area contributed by atoms with E-state index in [2.05, 4.69) is 5.32 Å². The topological polar surface area (TPSA) is 111 Å². The van der Waals surface area contributed by atoms with Crippen LogP contribution in [0.25, 0.3) is 11.8 Å². The summed E-state index contributed by atoms with van der Waals surface area (Å²) >= 11 is 1.26. The number of aromatic hydroxyl groups is 1. The molecule has 6 rings (SSSR count). The molecule has 0 fully saturated rings. The molecular formula is C33H29N5O4S. The number of benzene rings is 3. The molecule has 1 aliphatic rings. The summed E-state index contributed by atoms with van der Waals surface area (Å²) in [6.45, 7) is 5.65. The van der Waals surface area contributed by atoms with Crippen molar-refractivity contribution in [2.45, 2.75) is 26.8 Å². The van der Waals surface area contributed by atoms with Crippen molar-refractivity contribution in [3.63, 3.8) is 0 Å². The van der Waals surface area contributed by atoms with Gasteiger partial charge < -0.3 is 15.2 Å². The van der Waals surface area contributed by atoms with Crippen molar-refractivity contribution in [1.82, 2.24) is 14.3 Å². The maximum atomic E-state index is 14.2. The summed E-state index contributed by atoms with van der Waals surface area (Å²) in [5.41, 5.74) is 5.18. The number of methoxy groups -OCH3 is 1. The summed E-state index contributed by atoms with van der Waals surface area (Å²) < 4.78 is 9.24. The Bertz CT molecular complexity index is 2080. The van der Waals surface area contributed by atoms with Gasteiger partial charge in [0.05, 0.1) is 40.3 Å². The Morgan fingerprint density at radius 2 is 1.72 bits per heavy atom. The van der Waals surface area contributed by atoms with Gasteiger partial charge in [-0.3, -0.25) is 14.2 Å². The van der Waals surface area contributed by atoms with E-state index in [1.165, 1.54) is 24.5 Å². The van der Waals surface area contributed by atoms with Gasteiger partial charge >= 0.3 is 0 Å². The van der Waals surface area contributed by atoms with Crippen molar-refractivity contribution in [3.05, 3.63) is 132 Å². The number of carbonyl (C=O) groups is 1. The molecule has 1 unspecified atom stereocenters. The van der Waals surface area contributed by atoms with Crippen LogP contribution in [0.3, 0.4) is 0 Å². The molecule has 0 spiro atoms. The Morgan fingerprint density at radius 1 is 1.02 bits per heavy atom. The lowest BCUT2D eigenvalue weighted by Gasteiger charge is -2.25. The number of anilines is 1. The fourth-order valence-corrected chi connectivity index (χ4v) is 6.36. The van der Waals surface area contributed by atoms with E-state index in [1.807, 2.05) is 73.1 Å². The fraction of sp³-hybridized carbons (Fsp3) is 0.152. The summed E-state index contributed by atoms with van der Waals surface area (Å²) in [5, 5.41) is 18.0. The van der Waals surface area contributed by atoms with Crippen LogP contribution in [0.2, 0.25) is 0 Å². The molecule has 3 heterocycles. The Balaban J connectivity index is 1.52. The van der Waals surface area contributed by atoms with E-state index in [0.717, 1.165) is 22.6 Å². The number of phenolic OH excluding ortho intramolecular Hbond substituents is 1. The highest BCUT2D eigenvalue weighted by atomic mass is 32.1. The monoisotopic (exact) mass is 591 g/mol. The number of aryl methyl sites for hydroxylation is 1. The zero-order chi connectivity index (χ0) is 30.2. The van der Waals surface area contributed by atoms with Crippen molar-refractivity contribution in [2.75, 3.05) is 12.4 Å². The third-order valence-electron chi connectivity index (χ3n) is 7.44. The van der Waals surface area contributed by atoms with Crippen LogP contribution in [-0.2, 0) is 4.79 Å². The molecule has 1 atom stereocenters. The minimum Gasteiger partial charge on any atom is -0.504 e. The second kappa shape index (κ2) is 11.2. The summed E-state index contributed by atoms with van der Waals surface area (Å²) in [6, 6.07) is 22.9. The lowest BCUT2D eigenvalue weighted by Crippen LogP contribution is -2.40. The number of nitrogens with zero attached hydrogens (tertiary/aromatic N) is 4. The van der Waals surface area contributed by atoms with Gasteiger partial charge in [-0.25, -0.2) is 9.67 Å². The number of allylic oxidation sites excluding steroid dienone is 1. The molecule has 3 aromatic carbocycles. The number of carbonyl (C=O) groups excluding carboxylic acids is 1. The van der Waals surface area contributed by atoms with Crippen LogP contribution in [0.5, 0.6) is 11.5 Å². The van der Waals surface area contributed by atoms with Gasteiger partial charge in [0.25, 0.3) is 11.5 Å². The van der Waals surface area contributed by atoms with E-state index in [9.17, 15) is 14.7 Å². The highest BCUT2D eigenvalue weighted by molar-refractivity contribution is 7.07. The first-order valence-electron chi connectivity index (χ1n) is 13.6. The van der Waals surface area contributed by atoms with E-state index in [0.29, 0.717) is 31.9 Å². The maximum Gasteiger partial charge on any atom is 0.271 e. The van der Waals surface area contributed by atoms with Crippen molar-refractivity contribution >= 4 is 29.0 Å². The normalized spacial score (nSPS) is 14.8. The number of aromatic nitrogens is 3. The van der Waals surface area contributed by atoms with Crippen LogP contribution < -0.4 is 24.9 Å². The molecular weight excluding hydrogens is 562 g/mol. The number of para-hydroxylation sites is 2. The Hall–Kier alpha value is -5.22. The van der Waals surface area contributed by atoms with Crippen molar-refractivity contribution in [3.8, 4) is 17.2 Å². The standard InChI is InChI=1S/C33H29N5O4S/c1-19-25(21(3)38(36-19)24-13-9-6-10-14-24)18-28-32(41)37-30(22-15-16-26(39)27(17-22)42-4)29(20(2)34-33(37)43-28)31(40)35-23-11-7-5-8-12-23/h5-18,30,39H,1-4H3,(H,35,40). The number of rotatable bonds is 6. The van der Waals surface area contributed by atoms with E-state index < -0.39 is 6.04 Å². The molecule has 9 nitrogen and oxygen atoms in total. The van der Waals surface area contributed by atoms with Gasteiger partial charge in [0, 0.05) is 16.9 Å². The van der Waals surface area contributed by atoms with Gasteiger partial charge in [0.2, 0.25) is 0 Å². The minimum absolute atomic E-state index is 0.0453. The molecule has 2 aromatic heterocycles. The first-order valence-corrected chi connectivity index (χ1v) is 14.5. The summed E-state index contributed by atoms with van der Waals surface area (Å²) in [4.78, 5) is 33.2. The number of fused-ring (bicyclic) bond motifs is 1. The molecule has 43 heavy (non-hydrogen) atoms. The molecule has 1 aliphatic heterocycles. The van der Waals surface area contributed by atoms with Crippen molar-refractivity contribution in [1.29, 1.82) is 0 Å². The zero-order valence-corrected chi connectivity index (χ0v) is 24.8. The Labute approximate surface area is 251 Å². The van der Waals surface area contributed by atoms with Crippen LogP contribution in [0.15, 0.2) is 99.9 Å². The Morgan fingerprint density at radius 3 is 2.42 bits per heavy atom. The second-order valence-electron chi connectivity index (χ2n) is 10.2. The number of ether oxygens (including phenoxy) is 1. The molecule has 10 heteroatoms. The molecule has 0 radical (unpaired) electrons. The molecule has 0 aliphatic carbocycles. The van der Waals surface area contributed by atoms with Crippen molar-refractivity contribution in [2.24, 2.45) is 4.99 Å². The van der Waals surface area contributed by atoms with Crippen LogP contribution in [0.4, 0.5) is 5.69 Å². The van der Waals surface area contributed by atoms with Crippen LogP contribution in [0, 0.1) is 13.8 Å². The van der Waals surface area contributed by atoms with Crippen LogP contribution in [0.1, 0.15) is 35.5 Å². The fourth-order valence-electron chi connectivity index (χ4n) is 5.33. The van der Waals surface area contributed by atoms with Crippen LogP contribution in [-0.4, -0.2) is 32.5 Å². The SMILES string of the molecule is COc1cc(C2C(C(=O)Nc3ccccc3)=C(C)N=c3sc(=Cc4c(C)nn(-c5ccccc5)c4C)c(=O)n32)ccc1O. The smallest absolute Gasteiger partial charge is 0.271 e. The summed E-state index contributed by atoms with van der Waals surface area (Å²) in [7, 11) is 1.45. The largest absolute Gasteiger partial charge is 0.504 e. The molecule has 5 aromatic rings. The van der Waals surface area contributed by atoms with Gasteiger partial charge in [0.15, 0.2) is 16.3 Å². The second-order valence-corrected chi connectivity index (χ2v) is 11.2. The predicted octanol–water partition coefficient (Wildman–Crippen LogP) is 4.39. The number of hydrogen-bond donors (Lipinski definition) is 2. The predicted molar refractivity (Wildman–Crippen MR) is 167 cm³/mol. The van der Waals surface area contributed by atoms with Crippen molar-refractivity contribution < 1.29 is 14.6 Å². The summed E-state index contributed by atoms with van der Waals surface area (Å²) in [6.07, 6.45) is 1.85. The lowest BCUT2D eigenvalue weighted by atomic mass is 9.94. The number of thiazole rings is 1. The first-order chi connectivity index (χ1) is 20.8. The maximum absolute atomic E-state index is 14.2. The van der Waals surface area contributed by atoms with Gasteiger partial charge in [-0.1, -0.05) is 53.8 Å². The van der Waals surface area contributed by atoms with Gasteiger partial charge in [-0.15, -0.1) is 0 Å². The molecule has 0 bridgehead atoms.